The molecule has 1 aliphatic heterocycles. The molecule has 1 atom stereocenters. The van der Waals surface area contributed by atoms with Crippen molar-refractivity contribution >= 4 is 40.8 Å². The van der Waals surface area contributed by atoms with Gasteiger partial charge in [0, 0.05) is 5.02 Å². The van der Waals surface area contributed by atoms with E-state index < -0.39 is 17.9 Å². The molecule has 4 N–H and O–H groups in total. The normalized spacial score (nSPS) is 17.0. The van der Waals surface area contributed by atoms with E-state index in [1.807, 2.05) is 0 Å². The van der Waals surface area contributed by atoms with Crippen LogP contribution in [0, 0.1) is 0 Å². The van der Waals surface area contributed by atoms with Gasteiger partial charge in [-0.25, -0.2) is 0 Å². The van der Waals surface area contributed by atoms with Gasteiger partial charge in [-0.3, -0.25) is 4.79 Å². The van der Waals surface area contributed by atoms with Gasteiger partial charge >= 0.3 is 0 Å². The number of amides is 1. The van der Waals surface area contributed by atoms with Gasteiger partial charge in [0.15, 0.2) is 0 Å². The highest BCUT2D eigenvalue weighted by Gasteiger charge is 2.29. The van der Waals surface area contributed by atoms with Crippen molar-refractivity contribution in [1.82, 2.24) is 0 Å². The molecule has 2 rings (SSSR count). The number of piperazine rings is 1. The molecule has 1 aliphatic rings. The van der Waals surface area contributed by atoms with Crippen LogP contribution in [0.4, 0.5) is 5.69 Å². The van der Waals surface area contributed by atoms with Crippen molar-refractivity contribution in [3.05, 3.63) is 28.2 Å². The van der Waals surface area contributed by atoms with Crippen LogP contribution >= 0.6 is 23.2 Å². The van der Waals surface area contributed by atoms with Crippen LogP contribution in [0.3, 0.4) is 0 Å². The van der Waals surface area contributed by atoms with Crippen LogP contribution < -0.4 is 20.6 Å². The van der Waals surface area contributed by atoms with Crippen LogP contribution in [0.25, 0.3) is 0 Å². The van der Waals surface area contributed by atoms with Crippen LogP contribution in [0.5, 0.6) is 0 Å². The Kier molecular flexibility index (Phi) is 6.02. The van der Waals surface area contributed by atoms with E-state index in [1.54, 1.807) is 12.1 Å². The number of carbonyl (C=O) groups excluding carboxylic acids is 2. The Balaban J connectivity index is 2.01. The first-order valence-corrected chi connectivity index (χ1v) is 7.85. The average molecular weight is 347 g/mol. The van der Waals surface area contributed by atoms with Crippen LogP contribution in [0.2, 0.25) is 10.0 Å². The summed E-state index contributed by atoms with van der Waals surface area (Å²) in [5.74, 6) is -1.62. The Hall–Kier alpha value is -1.34. The minimum Gasteiger partial charge on any atom is -0.544 e. The summed E-state index contributed by atoms with van der Waals surface area (Å²) in [6.07, 6.45) is -0.152. The largest absolute Gasteiger partial charge is 0.544 e. The smallest absolute Gasteiger partial charge is 0.230 e. The number of aliphatic carboxylic acids is 1. The van der Waals surface area contributed by atoms with Gasteiger partial charge in [0.25, 0.3) is 0 Å². The van der Waals surface area contributed by atoms with E-state index in [0.29, 0.717) is 28.8 Å². The molecule has 0 bridgehead atoms. The third kappa shape index (κ3) is 4.58. The van der Waals surface area contributed by atoms with Gasteiger partial charge in [0.1, 0.15) is 32.2 Å². The number of carboxylic acids is 1. The Morgan fingerprint density at radius 2 is 2.00 bits per heavy atom. The lowest BCUT2D eigenvalue weighted by molar-refractivity contribution is -0.961. The number of carbonyl (C=O) groups is 2. The molecule has 0 aromatic heterocycles. The second-order valence-electron chi connectivity index (χ2n) is 5.27. The number of anilines is 1. The fraction of sp³-hybridized carbons (Fsp3) is 0.429. The predicted molar refractivity (Wildman–Crippen MR) is 80.9 cm³/mol. The molecule has 1 saturated heterocycles. The van der Waals surface area contributed by atoms with Gasteiger partial charge in [-0.1, -0.05) is 23.2 Å². The Morgan fingerprint density at radius 1 is 1.32 bits per heavy atom. The number of nitrogens with two attached hydrogens (primary N) is 1. The molecule has 0 aliphatic carbocycles. The molecule has 0 saturated carbocycles. The van der Waals surface area contributed by atoms with Crippen molar-refractivity contribution in [1.29, 1.82) is 0 Å². The number of carboxylic acid groups (broad SMARTS) is 1. The third-order valence-corrected chi connectivity index (χ3v) is 4.27. The van der Waals surface area contributed by atoms with Crippen molar-refractivity contribution in [3.8, 4) is 0 Å². The van der Waals surface area contributed by atoms with Crippen molar-refractivity contribution in [2.24, 2.45) is 0 Å². The van der Waals surface area contributed by atoms with E-state index in [9.17, 15) is 14.7 Å². The van der Waals surface area contributed by atoms with Gasteiger partial charge in [0.2, 0.25) is 5.91 Å². The fourth-order valence-corrected chi connectivity index (χ4v) is 2.90. The number of rotatable bonds is 5. The molecule has 6 nitrogen and oxygen atoms in total. The lowest BCUT2D eigenvalue weighted by atomic mass is 10.1. The molecule has 8 heteroatoms. The molecule has 0 spiro atoms. The van der Waals surface area contributed by atoms with Crippen LogP contribution in [-0.2, 0) is 9.59 Å². The van der Waals surface area contributed by atoms with Crippen LogP contribution in [0.15, 0.2) is 18.2 Å². The quantitative estimate of drug-likeness (QED) is 0.570. The number of hydrogen-bond acceptors (Lipinski definition) is 3. The molecule has 1 amide bonds. The lowest BCUT2D eigenvalue weighted by Gasteiger charge is -2.30. The van der Waals surface area contributed by atoms with E-state index in [2.05, 4.69) is 10.6 Å². The Labute approximate surface area is 138 Å². The minimum absolute atomic E-state index is 0.152. The monoisotopic (exact) mass is 346 g/mol. The van der Waals surface area contributed by atoms with Gasteiger partial charge in [0.05, 0.1) is 23.1 Å². The Bertz CT molecular complexity index is 562. The number of halogens is 2. The maximum Gasteiger partial charge on any atom is 0.230 e. The van der Waals surface area contributed by atoms with E-state index in [-0.39, 0.29) is 6.42 Å². The molecule has 1 fully saturated rings. The minimum atomic E-state index is -1.20. The second kappa shape index (κ2) is 7.78. The number of nitrogens with one attached hydrogen (secondary N) is 2. The summed E-state index contributed by atoms with van der Waals surface area (Å²) < 4.78 is 0. The molecular weight excluding hydrogens is 329 g/mol. The molecule has 1 heterocycles. The maximum atomic E-state index is 12.1. The van der Waals surface area contributed by atoms with E-state index in [0.717, 1.165) is 18.0 Å². The van der Waals surface area contributed by atoms with Gasteiger partial charge < -0.3 is 25.4 Å². The molecular formula is C14H18Cl2N3O3+. The summed E-state index contributed by atoms with van der Waals surface area (Å²) in [5, 5.41) is 16.9. The van der Waals surface area contributed by atoms with E-state index in [1.165, 1.54) is 6.07 Å². The number of hydrogen-bond donors (Lipinski definition) is 3. The van der Waals surface area contributed by atoms with Crippen molar-refractivity contribution < 1.29 is 24.9 Å². The lowest BCUT2D eigenvalue weighted by Crippen LogP contribution is -3.24. The van der Waals surface area contributed by atoms with E-state index in [4.69, 9.17) is 23.2 Å². The summed E-state index contributed by atoms with van der Waals surface area (Å²) in [6.45, 7) is 3.09. The maximum absolute atomic E-state index is 12.1. The topological polar surface area (TPSA) is 90.3 Å². The highest BCUT2D eigenvalue weighted by Crippen LogP contribution is 2.25. The first kappa shape index (κ1) is 17.0. The SMILES string of the molecule is O=C(C[C@@H](C(=O)[O-])[NH+]1CC[NH2+]CC1)Nc1cc(Cl)ccc1Cl. The van der Waals surface area contributed by atoms with Crippen LogP contribution in [0.1, 0.15) is 6.42 Å². The molecule has 120 valence electrons. The first-order chi connectivity index (χ1) is 10.5. The van der Waals surface area contributed by atoms with Gasteiger partial charge in [-0.05, 0) is 18.2 Å². The highest BCUT2D eigenvalue weighted by molar-refractivity contribution is 6.35. The molecule has 1 aromatic carbocycles. The van der Waals surface area contributed by atoms with Gasteiger partial charge in [-0.2, -0.15) is 0 Å². The zero-order valence-electron chi connectivity index (χ0n) is 11.9. The summed E-state index contributed by atoms with van der Waals surface area (Å²) >= 11 is 11.8. The van der Waals surface area contributed by atoms with Gasteiger partial charge in [-0.15, -0.1) is 0 Å². The summed E-state index contributed by atoms with van der Waals surface area (Å²) in [7, 11) is 0. The summed E-state index contributed by atoms with van der Waals surface area (Å²) in [4.78, 5) is 24.3. The molecule has 0 radical (unpaired) electrons. The predicted octanol–water partition coefficient (Wildman–Crippen LogP) is -2.10. The number of benzene rings is 1. The second-order valence-corrected chi connectivity index (χ2v) is 6.12. The standard InChI is InChI=1S/C14H17Cl2N3O3/c15-9-1-2-10(16)11(7-9)18-13(20)8-12(14(21)22)19-5-3-17-4-6-19/h1-2,7,12,17H,3-6,8H2,(H,18,20)(H,21,22)/p+1/t12-/m0/s1. The third-order valence-electron chi connectivity index (χ3n) is 3.71. The fourth-order valence-electron chi connectivity index (χ4n) is 2.57. The first-order valence-electron chi connectivity index (χ1n) is 7.09. The zero-order valence-corrected chi connectivity index (χ0v) is 13.4. The van der Waals surface area contributed by atoms with E-state index >= 15 is 0 Å². The van der Waals surface area contributed by atoms with Crippen molar-refractivity contribution in [2.45, 2.75) is 12.5 Å². The van der Waals surface area contributed by atoms with Crippen molar-refractivity contribution in [3.63, 3.8) is 0 Å². The molecule has 22 heavy (non-hydrogen) atoms. The average Bonchev–Trinajstić information content (AvgIpc) is 2.49. The van der Waals surface area contributed by atoms with Crippen LogP contribution in [-0.4, -0.2) is 44.1 Å². The number of quaternary nitrogens is 2. The summed E-state index contributed by atoms with van der Waals surface area (Å²) in [6, 6.07) is 3.85. The summed E-state index contributed by atoms with van der Waals surface area (Å²) in [5.41, 5.74) is 0.373. The Morgan fingerprint density at radius 3 is 2.64 bits per heavy atom. The zero-order chi connectivity index (χ0) is 16.1. The molecule has 0 unspecified atom stereocenters. The molecule has 1 aromatic rings. The van der Waals surface area contributed by atoms with Crippen molar-refractivity contribution in [2.75, 3.05) is 31.5 Å². The highest BCUT2D eigenvalue weighted by atomic mass is 35.5.